The predicted molar refractivity (Wildman–Crippen MR) is 92.3 cm³/mol. The maximum atomic E-state index is 10.2. The fraction of sp³-hybridized carbons (Fsp3) is 0.400. The van der Waals surface area contributed by atoms with E-state index in [9.17, 15) is 5.11 Å². The normalized spacial score (nSPS) is 18.7. The third-order valence-corrected chi connectivity index (χ3v) is 4.88. The van der Waals surface area contributed by atoms with Gasteiger partial charge in [-0.15, -0.1) is 0 Å². The van der Waals surface area contributed by atoms with Crippen LogP contribution in [0.4, 0.5) is 0 Å². The maximum absolute atomic E-state index is 10.2. The van der Waals surface area contributed by atoms with Crippen molar-refractivity contribution < 1.29 is 5.11 Å². The zero-order valence-corrected chi connectivity index (χ0v) is 13.5. The van der Waals surface area contributed by atoms with Crippen molar-refractivity contribution in [2.45, 2.75) is 38.6 Å². The van der Waals surface area contributed by atoms with Crippen LogP contribution >= 0.6 is 0 Å². The Balaban J connectivity index is 1.85. The van der Waals surface area contributed by atoms with E-state index in [4.69, 9.17) is 0 Å². The summed E-state index contributed by atoms with van der Waals surface area (Å²) in [7, 11) is 2.23. The van der Waals surface area contributed by atoms with Crippen LogP contribution in [-0.2, 0) is 6.42 Å². The van der Waals surface area contributed by atoms with Gasteiger partial charge in [0.05, 0.1) is 0 Å². The molecule has 116 valence electrons. The number of phenols is 1. The van der Waals surface area contributed by atoms with Gasteiger partial charge in [0.15, 0.2) is 0 Å². The molecule has 0 aliphatic carbocycles. The van der Waals surface area contributed by atoms with Gasteiger partial charge in [-0.25, -0.2) is 0 Å². The topological polar surface area (TPSA) is 23.5 Å². The summed E-state index contributed by atoms with van der Waals surface area (Å²) in [6, 6.07) is 15.0. The van der Waals surface area contributed by atoms with Gasteiger partial charge in [-0.05, 0) is 69.5 Å². The van der Waals surface area contributed by atoms with E-state index in [1.54, 1.807) is 6.07 Å². The van der Waals surface area contributed by atoms with E-state index in [0.29, 0.717) is 11.8 Å². The zero-order chi connectivity index (χ0) is 15.5. The van der Waals surface area contributed by atoms with E-state index >= 15 is 0 Å². The standard InChI is InChI=1S/C20H25NO/c1-15-9-12-20(22)19(14-15)18-8-4-3-6-16(18)10-11-17-7-5-13-21(17)2/h3-4,6,8-9,12,14,17,22H,5,7,10-11,13H2,1-2H3. The first-order valence-corrected chi connectivity index (χ1v) is 8.23. The van der Waals surface area contributed by atoms with Crippen LogP contribution in [0.15, 0.2) is 42.5 Å². The van der Waals surface area contributed by atoms with Crippen LogP contribution < -0.4 is 0 Å². The molecule has 0 bridgehead atoms. The lowest BCUT2D eigenvalue weighted by molar-refractivity contribution is 0.297. The summed E-state index contributed by atoms with van der Waals surface area (Å²) in [5.41, 5.74) is 4.64. The number of hydrogen-bond donors (Lipinski definition) is 1. The Morgan fingerprint density at radius 2 is 1.95 bits per heavy atom. The van der Waals surface area contributed by atoms with Gasteiger partial charge in [-0.1, -0.05) is 35.9 Å². The van der Waals surface area contributed by atoms with Gasteiger partial charge >= 0.3 is 0 Å². The molecule has 1 fully saturated rings. The highest BCUT2D eigenvalue weighted by Crippen LogP contribution is 2.33. The Morgan fingerprint density at radius 3 is 2.73 bits per heavy atom. The third kappa shape index (κ3) is 3.17. The molecule has 2 nitrogen and oxygen atoms in total. The third-order valence-electron chi connectivity index (χ3n) is 4.88. The molecule has 1 aliphatic rings. The van der Waals surface area contributed by atoms with Crippen molar-refractivity contribution in [2.24, 2.45) is 0 Å². The number of aromatic hydroxyl groups is 1. The molecular formula is C20H25NO. The molecule has 0 radical (unpaired) electrons. The van der Waals surface area contributed by atoms with Gasteiger partial charge in [0.2, 0.25) is 0 Å². The first-order valence-electron chi connectivity index (χ1n) is 8.23. The highest BCUT2D eigenvalue weighted by Gasteiger charge is 2.21. The summed E-state index contributed by atoms with van der Waals surface area (Å²) in [4.78, 5) is 2.48. The smallest absolute Gasteiger partial charge is 0.123 e. The van der Waals surface area contributed by atoms with E-state index in [1.165, 1.54) is 42.5 Å². The summed E-state index contributed by atoms with van der Waals surface area (Å²) in [5.74, 6) is 0.371. The molecule has 1 heterocycles. The fourth-order valence-corrected chi connectivity index (χ4v) is 3.53. The lowest BCUT2D eigenvalue weighted by atomic mass is 9.93. The fourth-order valence-electron chi connectivity index (χ4n) is 3.53. The van der Waals surface area contributed by atoms with Gasteiger partial charge in [0.1, 0.15) is 5.75 Å². The number of aryl methyl sites for hydroxylation is 2. The predicted octanol–water partition coefficient (Wildman–Crippen LogP) is 4.39. The molecule has 1 N–H and O–H groups in total. The molecular weight excluding hydrogens is 270 g/mol. The zero-order valence-electron chi connectivity index (χ0n) is 13.5. The lowest BCUT2D eigenvalue weighted by Crippen LogP contribution is -2.25. The van der Waals surface area contributed by atoms with E-state index < -0.39 is 0 Å². The molecule has 0 saturated carbocycles. The van der Waals surface area contributed by atoms with Crippen LogP contribution in [0.2, 0.25) is 0 Å². The van der Waals surface area contributed by atoms with E-state index in [1.807, 2.05) is 6.07 Å². The van der Waals surface area contributed by atoms with Crippen LogP contribution in [0.25, 0.3) is 11.1 Å². The number of rotatable bonds is 4. The minimum absolute atomic E-state index is 0.371. The van der Waals surface area contributed by atoms with Gasteiger partial charge < -0.3 is 10.0 Å². The molecule has 0 spiro atoms. The van der Waals surface area contributed by atoms with Crippen molar-refractivity contribution in [1.29, 1.82) is 0 Å². The first kappa shape index (κ1) is 15.1. The van der Waals surface area contributed by atoms with Crippen molar-refractivity contribution >= 4 is 0 Å². The van der Waals surface area contributed by atoms with Gasteiger partial charge in [0, 0.05) is 11.6 Å². The maximum Gasteiger partial charge on any atom is 0.123 e. The van der Waals surface area contributed by atoms with Gasteiger partial charge in [0.25, 0.3) is 0 Å². The average molecular weight is 295 g/mol. The Bertz CT molecular complexity index is 650. The molecule has 1 atom stereocenters. The van der Waals surface area contributed by atoms with Crippen LogP contribution in [0, 0.1) is 6.92 Å². The van der Waals surface area contributed by atoms with Crippen molar-refractivity contribution in [3.63, 3.8) is 0 Å². The number of phenolic OH excluding ortho intramolecular Hbond substituents is 1. The number of benzene rings is 2. The SMILES string of the molecule is Cc1ccc(O)c(-c2ccccc2CCC2CCCN2C)c1. The van der Waals surface area contributed by atoms with E-state index in [-0.39, 0.29) is 0 Å². The Kier molecular flexibility index (Phi) is 4.49. The second-order valence-corrected chi connectivity index (χ2v) is 6.49. The summed E-state index contributed by atoms with van der Waals surface area (Å²) < 4.78 is 0. The Morgan fingerprint density at radius 1 is 1.14 bits per heavy atom. The van der Waals surface area contributed by atoms with Crippen LogP contribution in [-0.4, -0.2) is 29.6 Å². The number of nitrogens with zero attached hydrogens (tertiary/aromatic N) is 1. The van der Waals surface area contributed by atoms with Crippen molar-refractivity contribution in [3.05, 3.63) is 53.6 Å². The number of likely N-dealkylation sites (tertiary alicyclic amines) is 1. The molecule has 0 aromatic heterocycles. The minimum atomic E-state index is 0.371. The van der Waals surface area contributed by atoms with Crippen molar-refractivity contribution in [2.75, 3.05) is 13.6 Å². The molecule has 1 saturated heterocycles. The van der Waals surface area contributed by atoms with Crippen LogP contribution in [0.5, 0.6) is 5.75 Å². The second-order valence-electron chi connectivity index (χ2n) is 6.49. The summed E-state index contributed by atoms with van der Waals surface area (Å²) in [6.45, 7) is 3.30. The highest BCUT2D eigenvalue weighted by atomic mass is 16.3. The first-order chi connectivity index (χ1) is 10.6. The van der Waals surface area contributed by atoms with Crippen molar-refractivity contribution in [1.82, 2.24) is 4.90 Å². The average Bonchev–Trinajstić information content (AvgIpc) is 2.93. The van der Waals surface area contributed by atoms with Crippen molar-refractivity contribution in [3.8, 4) is 16.9 Å². The molecule has 2 aromatic carbocycles. The van der Waals surface area contributed by atoms with Crippen LogP contribution in [0.3, 0.4) is 0 Å². The summed E-state index contributed by atoms with van der Waals surface area (Å²) in [6.07, 6.45) is 4.90. The molecule has 3 rings (SSSR count). The van der Waals surface area contributed by atoms with Gasteiger partial charge in [-0.3, -0.25) is 0 Å². The minimum Gasteiger partial charge on any atom is -0.507 e. The molecule has 2 aromatic rings. The van der Waals surface area contributed by atoms with E-state index in [2.05, 4.69) is 49.2 Å². The molecule has 1 unspecified atom stereocenters. The van der Waals surface area contributed by atoms with E-state index in [0.717, 1.165) is 12.0 Å². The Labute approximate surface area is 133 Å². The summed E-state index contributed by atoms with van der Waals surface area (Å²) >= 11 is 0. The largest absolute Gasteiger partial charge is 0.507 e. The van der Waals surface area contributed by atoms with Gasteiger partial charge in [-0.2, -0.15) is 0 Å². The quantitative estimate of drug-likeness (QED) is 0.904. The Hall–Kier alpha value is -1.80. The summed E-state index contributed by atoms with van der Waals surface area (Å²) in [5, 5.41) is 10.2. The lowest BCUT2D eigenvalue weighted by Gasteiger charge is -2.20. The molecule has 1 aliphatic heterocycles. The molecule has 2 heteroatoms. The molecule has 0 amide bonds. The van der Waals surface area contributed by atoms with Crippen LogP contribution in [0.1, 0.15) is 30.4 Å². The number of hydrogen-bond acceptors (Lipinski definition) is 2. The second kappa shape index (κ2) is 6.53. The highest BCUT2D eigenvalue weighted by molar-refractivity contribution is 5.73. The molecule has 22 heavy (non-hydrogen) atoms. The monoisotopic (exact) mass is 295 g/mol.